The fraction of sp³-hybridized carbons (Fsp3) is 0.750. The molecule has 0 spiro atoms. The van der Waals surface area contributed by atoms with E-state index >= 15 is 0 Å². The molecule has 0 amide bonds. The number of rotatable bonds is 2. The summed E-state index contributed by atoms with van der Waals surface area (Å²) >= 11 is 0. The maximum absolute atomic E-state index is 9.40. The number of carbonyl (C=O) groups excluding carboxylic acids is 1. The predicted molar refractivity (Wildman–Crippen MR) is 28.9 cm³/mol. The molecule has 0 unspecified atom stereocenters. The van der Waals surface area contributed by atoms with Crippen molar-refractivity contribution in [2.75, 3.05) is 0 Å². The fourth-order valence-corrected chi connectivity index (χ4v) is 0.118. The van der Waals surface area contributed by atoms with E-state index in [4.69, 9.17) is 0 Å². The molecule has 1 nitrogen and oxygen atoms in total. The van der Waals surface area contributed by atoms with Crippen molar-refractivity contribution in [3.05, 3.63) is 0 Å². The smallest absolute Gasteiger partial charge is 1.00 e. The number of unbranched alkanes of at least 4 members (excludes halogenated alkanes) is 1. The number of hydrogen-bond acceptors (Lipinski definition) is 1. The van der Waals surface area contributed by atoms with Crippen molar-refractivity contribution in [2.24, 2.45) is 0 Å². The molecule has 6 heavy (non-hydrogen) atoms. The van der Waals surface area contributed by atoms with Crippen LogP contribution in [0.1, 0.15) is 22.6 Å². The van der Waals surface area contributed by atoms with Gasteiger partial charge in [0.05, 0.1) is 0 Å². The van der Waals surface area contributed by atoms with E-state index in [0.29, 0.717) is 6.42 Å². The zero-order valence-corrected chi connectivity index (χ0v) is 5.52. The third-order valence-electron chi connectivity index (χ3n) is 0.407. The van der Waals surface area contributed by atoms with Crippen LogP contribution in [0.5, 0.6) is 0 Å². The molecule has 0 aliphatic heterocycles. The Morgan fingerprint density at radius 1 is 1.83 bits per heavy atom. The second-order valence-electron chi connectivity index (χ2n) is 0.955. The molecule has 0 saturated carbocycles. The van der Waals surface area contributed by atoms with E-state index < -0.39 is 0 Å². The summed E-state index contributed by atoms with van der Waals surface area (Å²) in [7, 11) is 0. The minimum Gasteiger partial charge on any atom is -1.00 e. The average Bonchev–Trinajstić information content (AvgIpc) is 1.41. The van der Waals surface area contributed by atoms with E-state index in [0.717, 1.165) is 12.7 Å². The van der Waals surface area contributed by atoms with Gasteiger partial charge >= 0.3 is 23.1 Å². The van der Waals surface area contributed by atoms with E-state index in [1.807, 2.05) is 6.92 Å². The summed E-state index contributed by atoms with van der Waals surface area (Å²) in [5.41, 5.74) is 0. The predicted octanol–water partition coefficient (Wildman–Crippen LogP) is 0.830. The number of carbonyl (C=O) groups is 1. The molecule has 0 aromatic heterocycles. The summed E-state index contributed by atoms with van der Waals surface area (Å²) in [5.74, 6) is 0. The monoisotopic (exact) mass is 98.1 g/mol. The van der Waals surface area contributed by atoms with Gasteiger partial charge in [0, 0.05) is 6.42 Å². The first-order valence-corrected chi connectivity index (χ1v) is 1.85. The van der Waals surface area contributed by atoms with E-state index in [-0.39, 0.29) is 25.9 Å². The van der Waals surface area contributed by atoms with Crippen molar-refractivity contribution in [3.8, 4) is 0 Å². The van der Waals surface area contributed by atoms with Crippen molar-refractivity contribution in [3.63, 3.8) is 0 Å². The molecule has 0 aliphatic carbocycles. The number of aldehydes is 1. The van der Waals surface area contributed by atoms with Crippen LogP contribution >= 0.6 is 0 Å². The van der Waals surface area contributed by atoms with Crippen LogP contribution in [0.15, 0.2) is 0 Å². The Morgan fingerprint density at radius 2 is 2.33 bits per heavy atom. The molecule has 0 heterocycles. The normalized spacial score (nSPS) is 6.17. The minimum atomic E-state index is 0. The molecule has 34 valence electrons. The van der Waals surface area contributed by atoms with Crippen LogP contribution in [0.4, 0.5) is 0 Å². The molecule has 0 aromatic rings. The van der Waals surface area contributed by atoms with Crippen molar-refractivity contribution in [2.45, 2.75) is 19.8 Å². The Morgan fingerprint density at radius 3 is 2.33 bits per heavy atom. The van der Waals surface area contributed by atoms with Gasteiger partial charge in [-0.25, -0.2) is 0 Å². The van der Waals surface area contributed by atoms with Gasteiger partial charge in [0.1, 0.15) is 6.29 Å². The zero-order chi connectivity index (χ0) is 4.12. The Kier molecular flexibility index (Phi) is 14.6. The van der Waals surface area contributed by atoms with Crippen LogP contribution in [-0.4, -0.2) is 29.3 Å². The van der Waals surface area contributed by atoms with Crippen molar-refractivity contribution < 1.29 is 7.65 Å². The van der Waals surface area contributed by atoms with Crippen molar-refractivity contribution >= 4 is 29.3 Å². The standard InChI is InChI=1S/C4H8O.Mg.2H/c1-2-3-4-5;;;/h4H,2-3H2,1H3;;;/q;+2;2*-1. The van der Waals surface area contributed by atoms with Crippen LogP contribution in [0.2, 0.25) is 0 Å². The molecule has 0 saturated heterocycles. The van der Waals surface area contributed by atoms with Gasteiger partial charge in [0.15, 0.2) is 0 Å². The first-order valence-electron chi connectivity index (χ1n) is 1.85. The Bertz CT molecular complexity index is 35.2. The van der Waals surface area contributed by atoms with E-state index in [1.165, 1.54) is 0 Å². The maximum Gasteiger partial charge on any atom is 2.00 e. The van der Waals surface area contributed by atoms with Gasteiger partial charge in [-0.05, 0) is 6.42 Å². The van der Waals surface area contributed by atoms with Crippen LogP contribution in [-0.2, 0) is 4.79 Å². The second-order valence-corrected chi connectivity index (χ2v) is 0.955. The van der Waals surface area contributed by atoms with Gasteiger partial charge in [-0.3, -0.25) is 0 Å². The summed E-state index contributed by atoms with van der Waals surface area (Å²) in [6.07, 6.45) is 2.61. The topological polar surface area (TPSA) is 17.1 Å². The third kappa shape index (κ3) is 8.83. The summed E-state index contributed by atoms with van der Waals surface area (Å²) in [4.78, 5) is 9.40. The summed E-state index contributed by atoms with van der Waals surface area (Å²) in [6.45, 7) is 1.98. The first kappa shape index (κ1) is 9.66. The Labute approximate surface area is 57.2 Å². The molecule has 0 N–H and O–H groups in total. The third-order valence-corrected chi connectivity index (χ3v) is 0.407. The van der Waals surface area contributed by atoms with Gasteiger partial charge in [0.25, 0.3) is 0 Å². The Hall–Kier alpha value is 0.436. The van der Waals surface area contributed by atoms with Gasteiger partial charge < -0.3 is 7.65 Å². The molecule has 0 radical (unpaired) electrons. The zero-order valence-electron chi connectivity index (χ0n) is 6.11. The Balaban J connectivity index is -0.0000000267. The van der Waals surface area contributed by atoms with Gasteiger partial charge in [-0.2, -0.15) is 0 Å². The molecular formula is C4H10MgO. The number of hydrogen-bond donors (Lipinski definition) is 0. The van der Waals surface area contributed by atoms with Gasteiger partial charge in [0.2, 0.25) is 0 Å². The van der Waals surface area contributed by atoms with Crippen molar-refractivity contribution in [1.82, 2.24) is 0 Å². The first-order chi connectivity index (χ1) is 2.41. The molecular weight excluding hydrogens is 88.3 g/mol. The summed E-state index contributed by atoms with van der Waals surface area (Å²) < 4.78 is 0. The van der Waals surface area contributed by atoms with Gasteiger partial charge in [-0.1, -0.05) is 6.92 Å². The van der Waals surface area contributed by atoms with Crippen molar-refractivity contribution in [1.29, 1.82) is 0 Å². The molecule has 2 heteroatoms. The SMILES string of the molecule is CCCC=O.[H-].[H-].[Mg+2]. The molecule has 0 fully saturated rings. The molecule has 0 atom stereocenters. The van der Waals surface area contributed by atoms with Crippen LogP contribution in [0, 0.1) is 0 Å². The fourth-order valence-electron chi connectivity index (χ4n) is 0.118. The molecule has 0 aromatic carbocycles. The average molecular weight is 98.4 g/mol. The molecule has 0 aliphatic rings. The van der Waals surface area contributed by atoms with Crippen LogP contribution < -0.4 is 0 Å². The van der Waals surface area contributed by atoms with Crippen LogP contribution in [0.3, 0.4) is 0 Å². The van der Waals surface area contributed by atoms with E-state index in [1.54, 1.807) is 0 Å². The largest absolute Gasteiger partial charge is 2.00 e. The van der Waals surface area contributed by atoms with E-state index in [2.05, 4.69) is 0 Å². The summed E-state index contributed by atoms with van der Waals surface area (Å²) in [6, 6.07) is 0. The second kappa shape index (κ2) is 9.06. The molecule has 0 rings (SSSR count). The van der Waals surface area contributed by atoms with E-state index in [9.17, 15) is 4.79 Å². The molecule has 0 bridgehead atoms. The quantitative estimate of drug-likeness (QED) is 0.369. The minimum absolute atomic E-state index is 0. The van der Waals surface area contributed by atoms with Gasteiger partial charge in [-0.15, -0.1) is 0 Å². The maximum atomic E-state index is 9.40. The van der Waals surface area contributed by atoms with Crippen LogP contribution in [0.25, 0.3) is 0 Å². The summed E-state index contributed by atoms with van der Waals surface area (Å²) in [5, 5.41) is 0.